The Morgan fingerprint density at radius 1 is 1.16 bits per heavy atom. The first kappa shape index (κ1) is 14.0. The lowest BCUT2D eigenvalue weighted by molar-refractivity contribution is -0.141. The molecule has 2 aromatic heterocycles. The van der Waals surface area contributed by atoms with Crippen LogP contribution in [0.2, 0.25) is 5.28 Å². The lowest BCUT2D eigenvalue weighted by Gasteiger charge is -2.07. The maximum absolute atomic E-state index is 12.6. The minimum Gasteiger partial charge on any atom is -0.231 e. The molecule has 0 aliphatic carbocycles. The van der Waals surface area contributed by atoms with Crippen molar-refractivity contribution in [1.82, 2.24) is 19.9 Å². The van der Waals surface area contributed by atoms with Gasteiger partial charge < -0.3 is 0 Å². The van der Waals surface area contributed by atoms with Crippen LogP contribution in [-0.2, 0) is 6.18 Å². The van der Waals surface area contributed by atoms with E-state index in [1.165, 1.54) is 0 Å². The summed E-state index contributed by atoms with van der Waals surface area (Å²) < 4.78 is 37.7. The van der Waals surface area contributed by atoms with Crippen molar-refractivity contribution in [3.05, 3.63) is 35.0 Å². The molecule has 0 amide bonds. The fourth-order valence-corrected chi connectivity index (χ4v) is 2.05. The largest absolute Gasteiger partial charge is 0.433 e. The van der Waals surface area contributed by atoms with Gasteiger partial charge >= 0.3 is 6.18 Å². The van der Waals surface area contributed by atoms with Gasteiger partial charge in [0.25, 0.3) is 0 Å². The quantitative estimate of drug-likeness (QED) is 0.629. The Labute approximate surface area is 115 Å². The molecule has 2 heterocycles. The van der Waals surface area contributed by atoms with Crippen molar-refractivity contribution in [3.8, 4) is 0 Å². The summed E-state index contributed by atoms with van der Waals surface area (Å²) >= 11 is 6.35. The van der Waals surface area contributed by atoms with Crippen LogP contribution in [-0.4, -0.2) is 19.9 Å². The van der Waals surface area contributed by atoms with Gasteiger partial charge in [0.15, 0.2) is 10.9 Å². The average Bonchev–Trinajstić information content (AvgIpc) is 2.30. The SMILES string of the molecule is Cc1cnc(Sc2cc(C(F)(F)F)nc(Cl)n2)nc1. The van der Waals surface area contributed by atoms with E-state index in [-0.39, 0.29) is 10.2 Å². The van der Waals surface area contributed by atoms with E-state index in [4.69, 9.17) is 11.6 Å². The normalized spacial score (nSPS) is 11.6. The summed E-state index contributed by atoms with van der Waals surface area (Å²) in [6.07, 6.45) is -1.46. The van der Waals surface area contributed by atoms with Gasteiger partial charge in [-0.15, -0.1) is 0 Å². The van der Waals surface area contributed by atoms with E-state index in [2.05, 4.69) is 19.9 Å². The topological polar surface area (TPSA) is 51.6 Å². The van der Waals surface area contributed by atoms with Gasteiger partial charge in [-0.2, -0.15) is 13.2 Å². The van der Waals surface area contributed by atoms with E-state index >= 15 is 0 Å². The maximum atomic E-state index is 12.6. The van der Waals surface area contributed by atoms with E-state index in [9.17, 15) is 13.2 Å². The van der Waals surface area contributed by atoms with Crippen LogP contribution in [0.5, 0.6) is 0 Å². The first-order chi connectivity index (χ1) is 8.84. The number of aromatic nitrogens is 4. The fraction of sp³-hybridized carbons (Fsp3) is 0.200. The second kappa shape index (κ2) is 5.30. The van der Waals surface area contributed by atoms with Crippen LogP contribution in [0, 0.1) is 6.92 Å². The van der Waals surface area contributed by atoms with Crippen LogP contribution in [0.4, 0.5) is 13.2 Å². The number of aryl methyl sites for hydroxylation is 1. The van der Waals surface area contributed by atoms with Crippen LogP contribution in [0.15, 0.2) is 28.6 Å². The highest BCUT2D eigenvalue weighted by Crippen LogP contribution is 2.32. The monoisotopic (exact) mass is 306 g/mol. The third-order valence-corrected chi connectivity index (χ3v) is 2.90. The molecular weight excluding hydrogens is 301 g/mol. The maximum Gasteiger partial charge on any atom is 0.433 e. The molecule has 9 heteroatoms. The fourth-order valence-electron chi connectivity index (χ4n) is 1.12. The predicted octanol–water partition coefficient (Wildman–Crippen LogP) is 3.40. The molecule has 2 rings (SSSR count). The molecule has 0 atom stereocenters. The number of nitrogens with zero attached hydrogens (tertiary/aromatic N) is 4. The Kier molecular flexibility index (Phi) is 3.91. The Morgan fingerprint density at radius 3 is 2.37 bits per heavy atom. The molecule has 0 radical (unpaired) electrons. The zero-order valence-electron chi connectivity index (χ0n) is 9.44. The van der Waals surface area contributed by atoms with Crippen LogP contribution < -0.4 is 0 Å². The molecule has 0 fully saturated rings. The van der Waals surface area contributed by atoms with Crippen molar-refractivity contribution in [2.24, 2.45) is 0 Å². The Morgan fingerprint density at radius 2 is 1.79 bits per heavy atom. The van der Waals surface area contributed by atoms with Crippen LogP contribution in [0.1, 0.15) is 11.3 Å². The van der Waals surface area contributed by atoms with Crippen molar-refractivity contribution in [2.75, 3.05) is 0 Å². The van der Waals surface area contributed by atoms with E-state index in [0.29, 0.717) is 0 Å². The van der Waals surface area contributed by atoms with Crippen LogP contribution in [0.25, 0.3) is 0 Å². The number of halogens is 4. The molecule has 4 nitrogen and oxygen atoms in total. The first-order valence-electron chi connectivity index (χ1n) is 4.93. The number of alkyl halides is 3. The van der Waals surface area contributed by atoms with Crippen molar-refractivity contribution >= 4 is 23.4 Å². The van der Waals surface area contributed by atoms with E-state index in [1.54, 1.807) is 19.3 Å². The second-order valence-electron chi connectivity index (χ2n) is 3.50. The minimum atomic E-state index is -4.57. The van der Waals surface area contributed by atoms with Crippen molar-refractivity contribution in [1.29, 1.82) is 0 Å². The number of hydrogen-bond acceptors (Lipinski definition) is 5. The summed E-state index contributed by atoms with van der Waals surface area (Å²) in [6.45, 7) is 1.80. The highest BCUT2D eigenvalue weighted by Gasteiger charge is 2.33. The summed E-state index contributed by atoms with van der Waals surface area (Å²) in [6, 6.07) is 0.805. The van der Waals surface area contributed by atoms with Gasteiger partial charge in [0.2, 0.25) is 5.28 Å². The standard InChI is InChI=1S/C10H6ClF3N4S/c1-5-3-15-9(16-4-5)19-7-2-6(10(12,13)14)17-8(11)18-7/h2-4H,1H3. The second-order valence-corrected chi connectivity index (χ2v) is 4.83. The number of hydrogen-bond donors (Lipinski definition) is 0. The highest BCUT2D eigenvalue weighted by molar-refractivity contribution is 7.99. The van der Waals surface area contributed by atoms with E-state index in [1.807, 2.05) is 0 Å². The summed E-state index contributed by atoms with van der Waals surface area (Å²) in [5, 5.41) is -0.144. The van der Waals surface area contributed by atoms with Gasteiger partial charge in [-0.3, -0.25) is 0 Å². The zero-order valence-corrected chi connectivity index (χ0v) is 11.0. The molecule has 0 spiro atoms. The molecule has 0 aliphatic rings. The van der Waals surface area contributed by atoms with Gasteiger partial charge in [0.1, 0.15) is 5.03 Å². The minimum absolute atomic E-state index is 0.0381. The molecular formula is C10H6ClF3N4S. The predicted molar refractivity (Wildman–Crippen MR) is 62.9 cm³/mol. The number of rotatable bonds is 2. The molecule has 0 unspecified atom stereocenters. The molecule has 2 aromatic rings. The molecule has 0 aromatic carbocycles. The Balaban J connectivity index is 2.30. The smallest absolute Gasteiger partial charge is 0.231 e. The van der Waals surface area contributed by atoms with E-state index < -0.39 is 17.2 Å². The van der Waals surface area contributed by atoms with Crippen molar-refractivity contribution in [2.45, 2.75) is 23.3 Å². The third kappa shape index (κ3) is 3.77. The summed E-state index contributed by atoms with van der Waals surface area (Å²) in [5.74, 6) is 0. The molecule has 0 bridgehead atoms. The van der Waals surface area contributed by atoms with E-state index in [0.717, 1.165) is 23.4 Å². The summed E-state index contributed by atoms with van der Waals surface area (Å²) in [7, 11) is 0. The highest BCUT2D eigenvalue weighted by atomic mass is 35.5. The summed E-state index contributed by atoms with van der Waals surface area (Å²) in [5.41, 5.74) is -0.247. The van der Waals surface area contributed by atoms with Crippen LogP contribution >= 0.6 is 23.4 Å². The first-order valence-corrected chi connectivity index (χ1v) is 6.12. The van der Waals surface area contributed by atoms with Crippen LogP contribution in [0.3, 0.4) is 0 Å². The lowest BCUT2D eigenvalue weighted by atomic mass is 10.4. The van der Waals surface area contributed by atoms with Gasteiger partial charge in [-0.25, -0.2) is 19.9 Å². The molecule has 100 valence electrons. The van der Waals surface area contributed by atoms with Gasteiger partial charge in [0.05, 0.1) is 0 Å². The van der Waals surface area contributed by atoms with Gasteiger partial charge in [0, 0.05) is 18.5 Å². The molecule has 0 aliphatic heterocycles. The molecule has 0 saturated carbocycles. The average molecular weight is 307 g/mol. The van der Waals surface area contributed by atoms with Crippen molar-refractivity contribution in [3.63, 3.8) is 0 Å². The Bertz CT molecular complexity index is 588. The molecule has 0 saturated heterocycles. The molecule has 19 heavy (non-hydrogen) atoms. The zero-order chi connectivity index (χ0) is 14.0. The Hall–Kier alpha value is -1.41. The van der Waals surface area contributed by atoms with Gasteiger partial charge in [-0.05, 0) is 35.9 Å². The van der Waals surface area contributed by atoms with Crippen molar-refractivity contribution < 1.29 is 13.2 Å². The summed E-state index contributed by atoms with van der Waals surface area (Å²) in [4.78, 5) is 14.8. The lowest BCUT2D eigenvalue weighted by Crippen LogP contribution is -2.09. The van der Waals surface area contributed by atoms with Gasteiger partial charge in [-0.1, -0.05) is 0 Å². The molecule has 0 N–H and O–H groups in total. The third-order valence-electron chi connectivity index (χ3n) is 1.92.